The summed E-state index contributed by atoms with van der Waals surface area (Å²) in [6.45, 7) is 3.67. The van der Waals surface area contributed by atoms with Gasteiger partial charge in [-0.3, -0.25) is 0 Å². The van der Waals surface area contributed by atoms with Gasteiger partial charge in [-0.25, -0.2) is 13.1 Å². The van der Waals surface area contributed by atoms with E-state index in [-0.39, 0.29) is 11.4 Å². The smallest absolute Gasteiger partial charge is 0.241 e. The second-order valence-electron chi connectivity index (χ2n) is 4.47. The molecule has 1 aromatic heterocycles. The number of hydrogen-bond acceptors (Lipinski definition) is 4. The van der Waals surface area contributed by atoms with Gasteiger partial charge in [-0.15, -0.1) is 0 Å². The maximum atomic E-state index is 12.2. The lowest BCUT2D eigenvalue weighted by molar-refractivity contribution is 0.414. The van der Waals surface area contributed by atoms with Gasteiger partial charge in [0.2, 0.25) is 10.0 Å². The van der Waals surface area contributed by atoms with Crippen molar-refractivity contribution in [1.82, 2.24) is 4.72 Å². The second kappa shape index (κ2) is 5.68. The zero-order valence-electron chi connectivity index (χ0n) is 11.6. The number of ether oxygens (including phenoxy) is 1. The Bertz CT molecular complexity index is 704. The lowest BCUT2D eigenvalue weighted by Crippen LogP contribution is -2.23. The van der Waals surface area contributed by atoms with E-state index in [1.807, 2.05) is 6.92 Å². The zero-order valence-corrected chi connectivity index (χ0v) is 12.5. The van der Waals surface area contributed by atoms with Crippen molar-refractivity contribution in [3.63, 3.8) is 0 Å². The standard InChI is InChI=1S/C14H17NO4S/c1-10-8-12(18-3)6-7-14(10)20(16,17)15-9-13-5-4-11(2)19-13/h4-8,15H,9H2,1-3H3. The Hall–Kier alpha value is -1.79. The summed E-state index contributed by atoms with van der Waals surface area (Å²) in [5.41, 5.74) is 0.632. The first-order valence-electron chi connectivity index (χ1n) is 6.12. The van der Waals surface area contributed by atoms with Gasteiger partial charge >= 0.3 is 0 Å². The first-order valence-corrected chi connectivity index (χ1v) is 7.60. The van der Waals surface area contributed by atoms with Crippen LogP contribution in [0.2, 0.25) is 0 Å². The number of furan rings is 1. The van der Waals surface area contributed by atoms with Gasteiger partial charge in [-0.2, -0.15) is 0 Å². The van der Waals surface area contributed by atoms with E-state index < -0.39 is 10.0 Å². The molecule has 2 aromatic rings. The van der Waals surface area contributed by atoms with Crippen LogP contribution >= 0.6 is 0 Å². The maximum Gasteiger partial charge on any atom is 0.241 e. The van der Waals surface area contributed by atoms with E-state index in [1.165, 1.54) is 6.07 Å². The molecule has 20 heavy (non-hydrogen) atoms. The molecule has 0 unspecified atom stereocenters. The first-order chi connectivity index (χ1) is 9.42. The van der Waals surface area contributed by atoms with E-state index >= 15 is 0 Å². The normalized spacial score (nSPS) is 11.6. The zero-order chi connectivity index (χ0) is 14.8. The van der Waals surface area contributed by atoms with Gasteiger partial charge < -0.3 is 9.15 Å². The molecule has 0 spiro atoms. The Morgan fingerprint density at radius 3 is 2.50 bits per heavy atom. The largest absolute Gasteiger partial charge is 0.497 e. The van der Waals surface area contributed by atoms with Crippen molar-refractivity contribution >= 4 is 10.0 Å². The Morgan fingerprint density at radius 2 is 1.95 bits per heavy atom. The minimum atomic E-state index is -3.57. The molecule has 2 rings (SSSR count). The van der Waals surface area contributed by atoms with Crippen molar-refractivity contribution in [3.8, 4) is 5.75 Å². The van der Waals surface area contributed by atoms with Crippen LogP contribution in [0, 0.1) is 13.8 Å². The highest BCUT2D eigenvalue weighted by molar-refractivity contribution is 7.89. The molecule has 0 amide bonds. The molecule has 108 valence electrons. The van der Waals surface area contributed by atoms with Gasteiger partial charge in [0.15, 0.2) is 0 Å². The second-order valence-corrected chi connectivity index (χ2v) is 6.20. The summed E-state index contributed by atoms with van der Waals surface area (Å²) in [4.78, 5) is 0.238. The number of nitrogens with one attached hydrogen (secondary N) is 1. The summed E-state index contributed by atoms with van der Waals surface area (Å²) < 4.78 is 37.4. The Kier molecular flexibility index (Phi) is 4.15. The topological polar surface area (TPSA) is 68.5 Å². The maximum absolute atomic E-state index is 12.2. The Labute approximate surface area is 118 Å². The predicted octanol–water partition coefficient (Wildman–Crippen LogP) is 2.38. The average Bonchev–Trinajstić information content (AvgIpc) is 2.82. The highest BCUT2D eigenvalue weighted by Crippen LogP contribution is 2.21. The van der Waals surface area contributed by atoms with Crippen LogP contribution in [-0.4, -0.2) is 15.5 Å². The fourth-order valence-corrected chi connectivity index (χ4v) is 3.09. The number of benzene rings is 1. The molecule has 1 heterocycles. The highest BCUT2D eigenvalue weighted by atomic mass is 32.2. The molecule has 0 aliphatic carbocycles. The summed E-state index contributed by atoms with van der Waals surface area (Å²) in [5.74, 6) is 1.96. The third kappa shape index (κ3) is 3.20. The van der Waals surface area contributed by atoms with E-state index in [2.05, 4.69) is 4.72 Å². The van der Waals surface area contributed by atoms with Gasteiger partial charge in [0, 0.05) is 0 Å². The number of rotatable bonds is 5. The summed E-state index contributed by atoms with van der Waals surface area (Å²) in [5, 5.41) is 0. The van der Waals surface area contributed by atoms with E-state index in [9.17, 15) is 8.42 Å². The van der Waals surface area contributed by atoms with Crippen LogP contribution in [0.3, 0.4) is 0 Å². The van der Waals surface area contributed by atoms with Crippen molar-refractivity contribution in [2.45, 2.75) is 25.3 Å². The fraction of sp³-hybridized carbons (Fsp3) is 0.286. The van der Waals surface area contributed by atoms with Crippen LogP contribution in [-0.2, 0) is 16.6 Å². The Balaban J connectivity index is 2.18. The molecule has 0 aliphatic heterocycles. The molecule has 0 radical (unpaired) electrons. The molecular weight excluding hydrogens is 278 g/mol. The number of hydrogen-bond donors (Lipinski definition) is 1. The Morgan fingerprint density at radius 1 is 1.20 bits per heavy atom. The van der Waals surface area contributed by atoms with Crippen LogP contribution in [0.1, 0.15) is 17.1 Å². The van der Waals surface area contributed by atoms with Gasteiger partial charge in [0.25, 0.3) is 0 Å². The minimum absolute atomic E-state index is 0.127. The third-order valence-corrected chi connectivity index (χ3v) is 4.47. The highest BCUT2D eigenvalue weighted by Gasteiger charge is 2.17. The van der Waals surface area contributed by atoms with Gasteiger partial charge in [0.1, 0.15) is 17.3 Å². The summed E-state index contributed by atoms with van der Waals surface area (Å²) >= 11 is 0. The van der Waals surface area contributed by atoms with E-state index in [0.29, 0.717) is 17.1 Å². The average molecular weight is 295 g/mol. The van der Waals surface area contributed by atoms with Crippen LogP contribution < -0.4 is 9.46 Å². The van der Waals surface area contributed by atoms with Crippen molar-refractivity contribution in [1.29, 1.82) is 0 Å². The molecule has 6 heteroatoms. The van der Waals surface area contributed by atoms with Crippen molar-refractivity contribution < 1.29 is 17.6 Å². The third-order valence-electron chi connectivity index (χ3n) is 2.90. The molecule has 0 saturated carbocycles. The van der Waals surface area contributed by atoms with E-state index in [0.717, 1.165) is 5.76 Å². The summed E-state index contributed by atoms with van der Waals surface area (Å²) in [7, 11) is -2.03. The minimum Gasteiger partial charge on any atom is -0.497 e. The SMILES string of the molecule is COc1ccc(S(=O)(=O)NCc2ccc(C)o2)c(C)c1. The molecule has 0 saturated heterocycles. The van der Waals surface area contributed by atoms with Crippen molar-refractivity contribution in [3.05, 3.63) is 47.4 Å². The van der Waals surface area contributed by atoms with Crippen molar-refractivity contribution in [2.75, 3.05) is 7.11 Å². The van der Waals surface area contributed by atoms with Crippen LogP contribution in [0.25, 0.3) is 0 Å². The molecule has 0 fully saturated rings. The van der Waals surface area contributed by atoms with Crippen LogP contribution in [0.5, 0.6) is 5.75 Å². The number of sulfonamides is 1. The molecule has 0 aliphatic rings. The fourth-order valence-electron chi connectivity index (χ4n) is 1.87. The van der Waals surface area contributed by atoms with Crippen LogP contribution in [0.15, 0.2) is 39.6 Å². The summed E-state index contributed by atoms with van der Waals surface area (Å²) in [6, 6.07) is 8.38. The van der Waals surface area contributed by atoms with Crippen LogP contribution in [0.4, 0.5) is 0 Å². The summed E-state index contributed by atoms with van der Waals surface area (Å²) in [6.07, 6.45) is 0. The van der Waals surface area contributed by atoms with E-state index in [1.54, 1.807) is 38.3 Å². The molecule has 0 bridgehead atoms. The molecule has 1 N–H and O–H groups in total. The quantitative estimate of drug-likeness (QED) is 0.919. The lowest BCUT2D eigenvalue weighted by Gasteiger charge is -2.09. The molecule has 5 nitrogen and oxygen atoms in total. The molecule has 1 aromatic carbocycles. The van der Waals surface area contributed by atoms with Gasteiger partial charge in [-0.1, -0.05) is 0 Å². The van der Waals surface area contributed by atoms with E-state index in [4.69, 9.17) is 9.15 Å². The monoisotopic (exact) mass is 295 g/mol. The van der Waals surface area contributed by atoms with Gasteiger partial charge in [-0.05, 0) is 49.7 Å². The lowest BCUT2D eigenvalue weighted by atomic mass is 10.2. The number of methoxy groups -OCH3 is 1. The molecule has 0 atom stereocenters. The molecular formula is C14H17NO4S. The van der Waals surface area contributed by atoms with Gasteiger partial charge in [0.05, 0.1) is 18.6 Å². The number of aryl methyl sites for hydroxylation is 2. The van der Waals surface area contributed by atoms with Crippen molar-refractivity contribution in [2.24, 2.45) is 0 Å². The predicted molar refractivity (Wildman–Crippen MR) is 75.2 cm³/mol. The first kappa shape index (κ1) is 14.6.